The van der Waals surface area contributed by atoms with E-state index in [1.165, 1.54) is 5.56 Å². The standard InChI is InChI=1S/C23H28N2O4S/c1-3-18-15-24(12-13-25(18)19-8-4-16(2)5-9-19)30(28,29)20-10-6-17-7-11-21(23(26)27)22(17)14-20/h4-6,8-10,14,18,21H,3,7,11-13,15H2,1-2H3,(H,26,27). The van der Waals surface area contributed by atoms with E-state index in [0.29, 0.717) is 38.0 Å². The Kier molecular flexibility index (Phi) is 5.59. The van der Waals surface area contributed by atoms with Crippen LogP contribution >= 0.6 is 0 Å². The number of aryl methyl sites for hydroxylation is 2. The summed E-state index contributed by atoms with van der Waals surface area (Å²) < 4.78 is 28.3. The fraction of sp³-hybridized carbons (Fsp3) is 0.435. The van der Waals surface area contributed by atoms with Gasteiger partial charge in [-0.05, 0) is 61.6 Å². The van der Waals surface area contributed by atoms with Gasteiger partial charge < -0.3 is 10.0 Å². The average Bonchev–Trinajstić information content (AvgIpc) is 3.17. The Balaban J connectivity index is 1.58. The average molecular weight is 429 g/mol. The number of benzene rings is 2. The Labute approximate surface area is 178 Å². The Morgan fingerprint density at radius 3 is 2.53 bits per heavy atom. The Morgan fingerprint density at radius 2 is 1.87 bits per heavy atom. The van der Waals surface area contributed by atoms with Gasteiger partial charge in [0.2, 0.25) is 10.0 Å². The molecule has 2 aliphatic rings. The van der Waals surface area contributed by atoms with Crippen LogP contribution in [-0.4, -0.2) is 49.5 Å². The van der Waals surface area contributed by atoms with Crippen molar-refractivity contribution in [3.63, 3.8) is 0 Å². The summed E-state index contributed by atoms with van der Waals surface area (Å²) in [6.07, 6.45) is 2.05. The van der Waals surface area contributed by atoms with E-state index in [1.54, 1.807) is 22.5 Å². The van der Waals surface area contributed by atoms with Crippen molar-refractivity contribution < 1.29 is 18.3 Å². The molecule has 4 rings (SSSR count). The molecule has 2 atom stereocenters. The summed E-state index contributed by atoms with van der Waals surface area (Å²) in [5.41, 5.74) is 3.90. The summed E-state index contributed by atoms with van der Waals surface area (Å²) in [6, 6.07) is 13.4. The molecule has 0 amide bonds. The smallest absolute Gasteiger partial charge is 0.310 e. The molecule has 0 aromatic heterocycles. The summed E-state index contributed by atoms with van der Waals surface area (Å²) in [5, 5.41) is 9.46. The van der Waals surface area contributed by atoms with Crippen LogP contribution in [-0.2, 0) is 21.2 Å². The number of sulfonamides is 1. The van der Waals surface area contributed by atoms with Gasteiger partial charge in [0, 0.05) is 31.4 Å². The minimum Gasteiger partial charge on any atom is -0.481 e. The Hall–Kier alpha value is -2.38. The molecule has 1 heterocycles. The number of anilines is 1. The van der Waals surface area contributed by atoms with Gasteiger partial charge in [-0.3, -0.25) is 4.79 Å². The number of hydrogen-bond acceptors (Lipinski definition) is 4. The zero-order valence-electron chi connectivity index (χ0n) is 17.4. The fourth-order valence-electron chi connectivity index (χ4n) is 4.62. The SMILES string of the molecule is CCC1CN(S(=O)(=O)c2ccc3c(c2)C(C(=O)O)CC3)CCN1c1ccc(C)cc1. The molecule has 0 radical (unpaired) electrons. The second-order valence-corrected chi connectivity index (χ2v) is 10.2. The maximum atomic E-state index is 13.4. The first-order valence-corrected chi connectivity index (χ1v) is 11.9. The lowest BCUT2D eigenvalue weighted by Crippen LogP contribution is -2.54. The molecule has 0 saturated carbocycles. The van der Waals surface area contributed by atoms with Crippen molar-refractivity contribution in [2.75, 3.05) is 24.5 Å². The van der Waals surface area contributed by atoms with Crippen molar-refractivity contribution in [2.24, 2.45) is 0 Å². The van der Waals surface area contributed by atoms with Crippen molar-refractivity contribution in [2.45, 2.75) is 50.0 Å². The Morgan fingerprint density at radius 1 is 1.13 bits per heavy atom. The molecule has 1 saturated heterocycles. The van der Waals surface area contributed by atoms with E-state index < -0.39 is 21.9 Å². The summed E-state index contributed by atoms with van der Waals surface area (Å²) in [4.78, 5) is 14.0. The number of piperazine rings is 1. The lowest BCUT2D eigenvalue weighted by atomic mass is 10.0. The summed E-state index contributed by atoms with van der Waals surface area (Å²) >= 11 is 0. The Bertz CT molecular complexity index is 1050. The van der Waals surface area contributed by atoms with E-state index in [-0.39, 0.29) is 10.9 Å². The predicted molar refractivity (Wildman–Crippen MR) is 117 cm³/mol. The summed E-state index contributed by atoms with van der Waals surface area (Å²) in [6.45, 7) is 5.59. The fourth-order valence-corrected chi connectivity index (χ4v) is 6.12. The number of carboxylic acid groups (broad SMARTS) is 1. The van der Waals surface area contributed by atoms with E-state index in [2.05, 4.69) is 43.0 Å². The predicted octanol–water partition coefficient (Wildman–Crippen LogP) is 3.40. The van der Waals surface area contributed by atoms with Crippen LogP contribution in [0.2, 0.25) is 0 Å². The number of hydrogen-bond donors (Lipinski definition) is 1. The number of nitrogens with zero attached hydrogens (tertiary/aromatic N) is 2. The maximum Gasteiger partial charge on any atom is 0.310 e. The number of aliphatic carboxylic acids is 1. The molecule has 2 aromatic rings. The highest BCUT2D eigenvalue weighted by Gasteiger charge is 2.35. The molecule has 1 aliphatic heterocycles. The normalized spacial score (nSPS) is 22.1. The molecular formula is C23H28N2O4S. The quantitative estimate of drug-likeness (QED) is 0.790. The van der Waals surface area contributed by atoms with Crippen molar-refractivity contribution in [1.29, 1.82) is 0 Å². The molecular weight excluding hydrogens is 400 g/mol. The molecule has 6 nitrogen and oxygen atoms in total. The van der Waals surface area contributed by atoms with Gasteiger partial charge in [0.15, 0.2) is 0 Å². The molecule has 1 fully saturated rings. The van der Waals surface area contributed by atoms with Gasteiger partial charge >= 0.3 is 5.97 Å². The van der Waals surface area contributed by atoms with E-state index in [4.69, 9.17) is 0 Å². The van der Waals surface area contributed by atoms with Gasteiger partial charge in [-0.1, -0.05) is 30.7 Å². The minimum absolute atomic E-state index is 0.0948. The van der Waals surface area contributed by atoms with Crippen LogP contribution in [0.25, 0.3) is 0 Å². The van der Waals surface area contributed by atoms with Gasteiger partial charge in [0.1, 0.15) is 0 Å². The minimum atomic E-state index is -3.67. The molecule has 0 spiro atoms. The van der Waals surface area contributed by atoms with Gasteiger partial charge in [-0.2, -0.15) is 4.31 Å². The van der Waals surface area contributed by atoms with E-state index in [0.717, 1.165) is 17.7 Å². The number of carbonyl (C=O) groups is 1. The van der Waals surface area contributed by atoms with Gasteiger partial charge in [-0.25, -0.2) is 8.42 Å². The summed E-state index contributed by atoms with van der Waals surface area (Å²) in [7, 11) is -3.67. The largest absolute Gasteiger partial charge is 0.481 e. The number of fused-ring (bicyclic) bond motifs is 1. The van der Waals surface area contributed by atoms with Crippen LogP contribution in [0.4, 0.5) is 5.69 Å². The third-order valence-corrected chi connectivity index (χ3v) is 8.27. The van der Waals surface area contributed by atoms with Crippen LogP contribution in [0.5, 0.6) is 0 Å². The maximum absolute atomic E-state index is 13.4. The van der Waals surface area contributed by atoms with Crippen LogP contribution in [0.3, 0.4) is 0 Å². The lowest BCUT2D eigenvalue weighted by Gasteiger charge is -2.42. The number of carboxylic acids is 1. The lowest BCUT2D eigenvalue weighted by molar-refractivity contribution is -0.138. The molecule has 30 heavy (non-hydrogen) atoms. The zero-order valence-corrected chi connectivity index (χ0v) is 18.2. The van der Waals surface area contributed by atoms with Crippen molar-refractivity contribution in [3.8, 4) is 0 Å². The second kappa shape index (κ2) is 8.04. The first-order valence-electron chi connectivity index (χ1n) is 10.5. The van der Waals surface area contributed by atoms with E-state index in [9.17, 15) is 18.3 Å². The molecule has 1 N–H and O–H groups in total. The zero-order chi connectivity index (χ0) is 21.5. The molecule has 0 bridgehead atoms. The highest BCUT2D eigenvalue weighted by molar-refractivity contribution is 7.89. The first kappa shape index (κ1) is 20.9. The van der Waals surface area contributed by atoms with Gasteiger partial charge in [-0.15, -0.1) is 0 Å². The molecule has 7 heteroatoms. The highest BCUT2D eigenvalue weighted by Crippen LogP contribution is 2.36. The highest BCUT2D eigenvalue weighted by atomic mass is 32.2. The van der Waals surface area contributed by atoms with Crippen molar-refractivity contribution >= 4 is 21.7 Å². The topological polar surface area (TPSA) is 77.9 Å². The van der Waals surface area contributed by atoms with E-state index in [1.807, 2.05) is 0 Å². The summed E-state index contributed by atoms with van der Waals surface area (Å²) in [5.74, 6) is -1.50. The van der Waals surface area contributed by atoms with Gasteiger partial charge in [0.05, 0.1) is 10.8 Å². The second-order valence-electron chi connectivity index (χ2n) is 8.24. The van der Waals surface area contributed by atoms with Crippen molar-refractivity contribution in [3.05, 3.63) is 59.2 Å². The van der Waals surface area contributed by atoms with Crippen LogP contribution in [0.15, 0.2) is 47.4 Å². The van der Waals surface area contributed by atoms with Crippen LogP contribution < -0.4 is 4.90 Å². The monoisotopic (exact) mass is 428 g/mol. The third kappa shape index (κ3) is 3.72. The third-order valence-electron chi connectivity index (χ3n) is 6.41. The van der Waals surface area contributed by atoms with Crippen LogP contribution in [0.1, 0.15) is 42.4 Å². The van der Waals surface area contributed by atoms with Crippen LogP contribution in [0, 0.1) is 6.92 Å². The molecule has 1 aliphatic carbocycles. The number of rotatable bonds is 5. The van der Waals surface area contributed by atoms with E-state index >= 15 is 0 Å². The molecule has 2 aromatic carbocycles. The first-order chi connectivity index (χ1) is 14.3. The van der Waals surface area contributed by atoms with Gasteiger partial charge in [0.25, 0.3) is 0 Å². The molecule has 2 unspecified atom stereocenters. The molecule has 160 valence electrons. The van der Waals surface area contributed by atoms with Crippen molar-refractivity contribution in [1.82, 2.24) is 4.31 Å².